The molecule has 29 heavy (non-hydrogen) atoms. The van der Waals surface area contributed by atoms with Crippen LogP contribution in [0.1, 0.15) is 78.2 Å². The van der Waals surface area contributed by atoms with Crippen LogP contribution in [0.4, 0.5) is 4.79 Å². The van der Waals surface area contributed by atoms with Crippen LogP contribution in [0.3, 0.4) is 0 Å². The van der Waals surface area contributed by atoms with Gasteiger partial charge in [-0.1, -0.05) is 45.4 Å². The van der Waals surface area contributed by atoms with E-state index in [2.05, 4.69) is 29.4 Å². The number of benzene rings is 1. The van der Waals surface area contributed by atoms with Crippen LogP contribution in [0.5, 0.6) is 5.75 Å². The van der Waals surface area contributed by atoms with Gasteiger partial charge in [-0.3, -0.25) is 0 Å². The minimum absolute atomic E-state index is 0.379. The van der Waals surface area contributed by atoms with E-state index in [1.54, 1.807) is 0 Å². The summed E-state index contributed by atoms with van der Waals surface area (Å²) in [6.45, 7) is 9.13. The van der Waals surface area contributed by atoms with Gasteiger partial charge in [0.1, 0.15) is 11.4 Å². The van der Waals surface area contributed by atoms with Crippen LogP contribution in [0.25, 0.3) is 10.9 Å². The Bertz CT molecular complexity index is 746. The monoisotopic (exact) mass is 402 g/mol. The number of ether oxygens (including phenoxy) is 2. The smallest absolute Gasteiger partial charge is 0.407 e. The summed E-state index contributed by atoms with van der Waals surface area (Å²) < 4.78 is 11.2. The molecule has 0 atom stereocenters. The molecule has 1 amide bonds. The zero-order valence-electron chi connectivity index (χ0n) is 18.6. The summed E-state index contributed by atoms with van der Waals surface area (Å²) in [6.07, 6.45) is 11.3. The SMILES string of the molecule is CCCCCCCCCOc1ccc2[nH]cc(CCNC(=O)OC(C)(C)C)c2c1. The number of amides is 1. The highest BCUT2D eigenvalue weighted by Crippen LogP contribution is 2.24. The Balaban J connectivity index is 1.76. The van der Waals surface area contributed by atoms with Gasteiger partial charge in [0.25, 0.3) is 0 Å². The molecule has 0 aliphatic carbocycles. The largest absolute Gasteiger partial charge is 0.494 e. The third-order valence-corrected chi connectivity index (χ3v) is 4.82. The van der Waals surface area contributed by atoms with E-state index in [1.807, 2.05) is 33.0 Å². The third kappa shape index (κ3) is 8.80. The number of fused-ring (bicyclic) bond motifs is 1. The molecule has 1 aromatic carbocycles. The van der Waals surface area contributed by atoms with Crippen molar-refractivity contribution in [2.24, 2.45) is 0 Å². The quantitative estimate of drug-likeness (QED) is 0.406. The van der Waals surface area contributed by atoms with Crippen LogP contribution in [-0.2, 0) is 11.2 Å². The molecule has 2 rings (SSSR count). The first-order chi connectivity index (χ1) is 13.9. The Morgan fingerprint density at radius 1 is 1.07 bits per heavy atom. The first-order valence-electron chi connectivity index (χ1n) is 11.1. The van der Waals surface area contributed by atoms with Crippen LogP contribution in [0, 0.1) is 0 Å². The zero-order chi connectivity index (χ0) is 21.1. The highest BCUT2D eigenvalue weighted by atomic mass is 16.6. The number of rotatable bonds is 12. The number of nitrogens with one attached hydrogen (secondary N) is 2. The number of hydrogen-bond acceptors (Lipinski definition) is 3. The lowest BCUT2D eigenvalue weighted by Gasteiger charge is -2.19. The number of hydrogen-bond donors (Lipinski definition) is 2. The molecule has 0 spiro atoms. The van der Waals surface area contributed by atoms with E-state index in [-0.39, 0.29) is 6.09 Å². The highest BCUT2D eigenvalue weighted by Gasteiger charge is 2.15. The van der Waals surface area contributed by atoms with Gasteiger partial charge in [-0.2, -0.15) is 0 Å². The molecule has 1 aromatic heterocycles. The van der Waals surface area contributed by atoms with Crippen molar-refractivity contribution in [2.75, 3.05) is 13.2 Å². The molecule has 0 aliphatic heterocycles. The lowest BCUT2D eigenvalue weighted by Crippen LogP contribution is -2.33. The van der Waals surface area contributed by atoms with Gasteiger partial charge in [-0.15, -0.1) is 0 Å². The Morgan fingerprint density at radius 3 is 2.52 bits per heavy atom. The molecule has 0 unspecified atom stereocenters. The van der Waals surface area contributed by atoms with Crippen LogP contribution < -0.4 is 10.1 Å². The average Bonchev–Trinajstić information content (AvgIpc) is 3.05. The standard InChI is InChI=1S/C24H38N2O3/c1-5-6-7-8-9-10-11-16-28-20-12-13-22-21(17-20)19(18-26-22)14-15-25-23(27)29-24(2,3)4/h12-13,17-18,26H,5-11,14-16H2,1-4H3,(H,25,27). The van der Waals surface area contributed by atoms with Crippen molar-refractivity contribution in [1.82, 2.24) is 10.3 Å². The normalized spacial score (nSPS) is 11.6. The molecule has 162 valence electrons. The predicted molar refractivity (Wildman–Crippen MR) is 120 cm³/mol. The van der Waals surface area contributed by atoms with Crippen LogP contribution >= 0.6 is 0 Å². The molecule has 0 saturated heterocycles. The van der Waals surface area contributed by atoms with Gasteiger partial charge in [0.05, 0.1) is 6.61 Å². The van der Waals surface area contributed by atoms with Gasteiger partial charge in [0.2, 0.25) is 0 Å². The second kappa shape index (κ2) is 11.7. The summed E-state index contributed by atoms with van der Waals surface area (Å²) in [7, 11) is 0. The molecule has 0 radical (unpaired) electrons. The molecule has 0 saturated carbocycles. The molecule has 1 heterocycles. The van der Waals surface area contributed by atoms with E-state index in [9.17, 15) is 4.79 Å². The van der Waals surface area contributed by atoms with Gasteiger partial charge in [0, 0.05) is 23.6 Å². The maximum Gasteiger partial charge on any atom is 0.407 e. The van der Waals surface area contributed by atoms with Crippen molar-refractivity contribution in [2.45, 2.75) is 84.7 Å². The summed E-state index contributed by atoms with van der Waals surface area (Å²) in [4.78, 5) is 15.1. The zero-order valence-corrected chi connectivity index (χ0v) is 18.6. The van der Waals surface area contributed by atoms with Crippen LogP contribution in [0.15, 0.2) is 24.4 Å². The van der Waals surface area contributed by atoms with E-state index in [0.29, 0.717) is 6.54 Å². The van der Waals surface area contributed by atoms with Gasteiger partial charge in [0.15, 0.2) is 0 Å². The number of alkyl carbamates (subject to hydrolysis) is 1. The number of carbonyl (C=O) groups excluding carboxylic acids is 1. The molecular weight excluding hydrogens is 364 g/mol. The summed E-state index contributed by atoms with van der Waals surface area (Å²) in [5.74, 6) is 0.907. The molecule has 0 aliphatic rings. The van der Waals surface area contributed by atoms with Crippen LogP contribution in [-0.4, -0.2) is 29.8 Å². The molecule has 0 bridgehead atoms. The minimum Gasteiger partial charge on any atom is -0.494 e. The molecule has 2 aromatic rings. The fraction of sp³-hybridized carbons (Fsp3) is 0.625. The Labute approximate surface area is 175 Å². The maximum atomic E-state index is 11.8. The number of H-pyrrole nitrogens is 1. The van der Waals surface area contributed by atoms with E-state index < -0.39 is 5.60 Å². The fourth-order valence-corrected chi connectivity index (χ4v) is 3.32. The van der Waals surface area contributed by atoms with Gasteiger partial charge >= 0.3 is 6.09 Å². The summed E-state index contributed by atoms with van der Waals surface area (Å²) in [5.41, 5.74) is 1.77. The van der Waals surface area contributed by atoms with E-state index >= 15 is 0 Å². The van der Waals surface area contributed by atoms with E-state index in [4.69, 9.17) is 9.47 Å². The Morgan fingerprint density at radius 2 is 1.79 bits per heavy atom. The van der Waals surface area contributed by atoms with E-state index in [0.717, 1.165) is 41.7 Å². The van der Waals surface area contributed by atoms with Crippen molar-refractivity contribution in [3.8, 4) is 5.75 Å². The minimum atomic E-state index is -0.480. The first kappa shape index (κ1) is 23.1. The molecule has 5 nitrogen and oxygen atoms in total. The maximum absolute atomic E-state index is 11.8. The topological polar surface area (TPSA) is 63.3 Å². The third-order valence-electron chi connectivity index (χ3n) is 4.82. The van der Waals surface area contributed by atoms with Crippen molar-refractivity contribution >= 4 is 17.0 Å². The number of aromatic amines is 1. The molecule has 0 fully saturated rings. The van der Waals surface area contributed by atoms with Gasteiger partial charge in [-0.25, -0.2) is 4.79 Å². The molecule has 5 heteroatoms. The van der Waals surface area contributed by atoms with Gasteiger partial charge < -0.3 is 19.8 Å². The Hall–Kier alpha value is -2.17. The number of unbranched alkanes of at least 4 members (excludes halogenated alkanes) is 6. The summed E-state index contributed by atoms with van der Waals surface area (Å²) >= 11 is 0. The van der Waals surface area contributed by atoms with E-state index in [1.165, 1.54) is 38.5 Å². The second-order valence-corrected chi connectivity index (χ2v) is 8.67. The first-order valence-corrected chi connectivity index (χ1v) is 11.1. The Kier molecular flexibility index (Phi) is 9.36. The number of aromatic nitrogens is 1. The molecular formula is C24H38N2O3. The van der Waals surface area contributed by atoms with Gasteiger partial charge in [-0.05, 0) is 57.4 Å². The van der Waals surface area contributed by atoms with Crippen molar-refractivity contribution in [1.29, 1.82) is 0 Å². The van der Waals surface area contributed by atoms with Crippen molar-refractivity contribution in [3.05, 3.63) is 30.0 Å². The second-order valence-electron chi connectivity index (χ2n) is 8.67. The lowest BCUT2D eigenvalue weighted by atomic mass is 10.1. The lowest BCUT2D eigenvalue weighted by molar-refractivity contribution is 0.0528. The average molecular weight is 403 g/mol. The summed E-state index contributed by atoms with van der Waals surface area (Å²) in [6, 6.07) is 6.17. The predicted octanol–water partition coefficient (Wildman–Crippen LogP) is 6.36. The molecule has 2 N–H and O–H groups in total. The fourth-order valence-electron chi connectivity index (χ4n) is 3.32. The number of carbonyl (C=O) groups is 1. The van der Waals surface area contributed by atoms with Crippen molar-refractivity contribution < 1.29 is 14.3 Å². The summed E-state index contributed by atoms with van der Waals surface area (Å²) in [5, 5.41) is 3.96. The van der Waals surface area contributed by atoms with Crippen LogP contribution in [0.2, 0.25) is 0 Å². The highest BCUT2D eigenvalue weighted by molar-refractivity contribution is 5.84. The van der Waals surface area contributed by atoms with Crippen molar-refractivity contribution in [3.63, 3.8) is 0 Å².